The van der Waals surface area contributed by atoms with Crippen molar-refractivity contribution in [2.45, 2.75) is 0 Å². The van der Waals surface area contributed by atoms with E-state index in [9.17, 15) is 4.79 Å². The molecule has 0 saturated carbocycles. The maximum absolute atomic E-state index is 10.1. The maximum Gasteiger partial charge on any atom is 0.230 e. The lowest BCUT2D eigenvalue weighted by molar-refractivity contribution is -0.104. The van der Waals surface area contributed by atoms with Crippen LogP contribution in [0.5, 0.6) is 11.5 Å². The Morgan fingerprint density at radius 2 is 2.23 bits per heavy atom. The van der Waals surface area contributed by atoms with Gasteiger partial charge in [-0.15, -0.1) is 0 Å². The molecule has 0 aromatic heterocycles. The van der Waals surface area contributed by atoms with Crippen LogP contribution in [0.2, 0.25) is 0 Å². The highest BCUT2D eigenvalue weighted by Crippen LogP contribution is 2.29. The predicted octanol–water partition coefficient (Wildman–Crippen LogP) is 1.63. The smallest absolute Gasteiger partial charge is 0.230 e. The Kier molecular flexibility index (Phi) is 2.00. The number of rotatable bonds is 2. The number of fused-ring (bicyclic) bond motifs is 2. The lowest BCUT2D eigenvalue weighted by Crippen LogP contribution is -2.10. The van der Waals surface area contributed by atoms with Crippen LogP contribution in [0.25, 0.3) is 6.08 Å². The zero-order valence-electron chi connectivity index (χ0n) is 6.90. The second kappa shape index (κ2) is 3.31. The first kappa shape index (κ1) is 7.86. The van der Waals surface area contributed by atoms with Gasteiger partial charge in [-0.2, -0.15) is 0 Å². The Morgan fingerprint density at radius 3 is 3.08 bits per heavy atom. The molecule has 1 aromatic carbocycles. The summed E-state index contributed by atoms with van der Waals surface area (Å²) in [4.78, 5) is 10.1. The van der Waals surface area contributed by atoms with Gasteiger partial charge in [0, 0.05) is 11.6 Å². The van der Waals surface area contributed by atoms with Crippen molar-refractivity contribution in [3.8, 4) is 11.5 Å². The molecular formula is C10H8O3. The van der Waals surface area contributed by atoms with E-state index in [0.717, 1.165) is 23.3 Å². The molecule has 3 nitrogen and oxygen atoms in total. The zero-order chi connectivity index (χ0) is 9.10. The van der Waals surface area contributed by atoms with E-state index in [0.29, 0.717) is 0 Å². The first-order valence-corrected chi connectivity index (χ1v) is 3.91. The van der Waals surface area contributed by atoms with Crippen LogP contribution < -0.4 is 9.47 Å². The third kappa shape index (κ3) is 1.54. The number of aldehydes is 1. The van der Waals surface area contributed by atoms with Crippen molar-refractivity contribution in [2.24, 2.45) is 0 Å². The van der Waals surface area contributed by atoms with Crippen molar-refractivity contribution in [1.82, 2.24) is 0 Å². The molecule has 0 fully saturated rings. The maximum atomic E-state index is 10.1. The highest BCUT2D eigenvalue weighted by molar-refractivity contribution is 5.75. The molecule has 0 amide bonds. The molecule has 1 aliphatic heterocycles. The molecular weight excluding hydrogens is 168 g/mol. The molecule has 0 radical (unpaired) electrons. The molecule has 66 valence electrons. The van der Waals surface area contributed by atoms with Crippen LogP contribution in [0.4, 0.5) is 0 Å². The Bertz CT molecular complexity index is 355. The number of hydrogen-bond donors (Lipinski definition) is 0. The van der Waals surface area contributed by atoms with Crippen LogP contribution in [0, 0.1) is 0 Å². The van der Waals surface area contributed by atoms with E-state index < -0.39 is 0 Å². The summed E-state index contributed by atoms with van der Waals surface area (Å²) < 4.78 is 10.3. The van der Waals surface area contributed by atoms with Gasteiger partial charge in [0.15, 0.2) is 0 Å². The molecule has 1 aromatic rings. The quantitative estimate of drug-likeness (QED) is 0.507. The Balaban J connectivity index is 2.37. The fourth-order valence-corrected chi connectivity index (χ4v) is 1.17. The van der Waals surface area contributed by atoms with Crippen molar-refractivity contribution in [2.75, 3.05) is 6.79 Å². The summed E-state index contributed by atoms with van der Waals surface area (Å²) in [5, 5.41) is 0. The Morgan fingerprint density at radius 1 is 1.31 bits per heavy atom. The molecule has 1 aliphatic rings. The standard InChI is InChI=1S/C10H8O3/c11-5-1-2-8-3-4-9-6-10(8)13-7-12-9/h1-6H,7H2/b2-1+. The lowest BCUT2D eigenvalue weighted by Gasteiger charge is -2.17. The Labute approximate surface area is 75.6 Å². The van der Waals surface area contributed by atoms with Crippen molar-refractivity contribution < 1.29 is 14.3 Å². The van der Waals surface area contributed by atoms with Crippen LogP contribution in [0.3, 0.4) is 0 Å². The summed E-state index contributed by atoms with van der Waals surface area (Å²) in [6, 6.07) is 5.49. The summed E-state index contributed by atoms with van der Waals surface area (Å²) >= 11 is 0. The van der Waals surface area contributed by atoms with Gasteiger partial charge in [-0.05, 0) is 24.3 Å². The molecule has 13 heavy (non-hydrogen) atoms. The topological polar surface area (TPSA) is 35.5 Å². The van der Waals surface area contributed by atoms with Crippen molar-refractivity contribution in [1.29, 1.82) is 0 Å². The molecule has 0 N–H and O–H groups in total. The molecule has 0 atom stereocenters. The molecule has 2 rings (SSSR count). The van der Waals surface area contributed by atoms with E-state index in [-0.39, 0.29) is 6.79 Å². The van der Waals surface area contributed by atoms with Crippen LogP contribution in [0.15, 0.2) is 24.3 Å². The monoisotopic (exact) mass is 176 g/mol. The van der Waals surface area contributed by atoms with Crippen LogP contribution in [0.1, 0.15) is 5.56 Å². The van der Waals surface area contributed by atoms with E-state index in [1.165, 1.54) is 6.08 Å². The average molecular weight is 176 g/mol. The summed E-state index contributed by atoms with van der Waals surface area (Å²) in [5.41, 5.74) is 0.888. The van der Waals surface area contributed by atoms with Gasteiger partial charge in [0.1, 0.15) is 17.8 Å². The van der Waals surface area contributed by atoms with Crippen LogP contribution in [-0.2, 0) is 4.79 Å². The second-order valence-corrected chi connectivity index (χ2v) is 2.60. The van der Waals surface area contributed by atoms with Gasteiger partial charge in [-0.1, -0.05) is 0 Å². The first-order valence-electron chi connectivity index (χ1n) is 3.91. The third-order valence-electron chi connectivity index (χ3n) is 1.78. The van der Waals surface area contributed by atoms with E-state index in [4.69, 9.17) is 9.47 Å². The van der Waals surface area contributed by atoms with E-state index in [1.807, 2.05) is 12.1 Å². The van der Waals surface area contributed by atoms with Crippen LogP contribution in [-0.4, -0.2) is 13.1 Å². The summed E-state index contributed by atoms with van der Waals surface area (Å²) in [7, 11) is 0. The molecule has 0 spiro atoms. The van der Waals surface area contributed by atoms with Gasteiger partial charge in [0.05, 0.1) is 0 Å². The van der Waals surface area contributed by atoms with E-state index in [2.05, 4.69) is 0 Å². The molecule has 0 unspecified atom stereocenters. The third-order valence-corrected chi connectivity index (χ3v) is 1.78. The number of carbonyl (C=O) groups is 1. The number of benzene rings is 1. The van der Waals surface area contributed by atoms with Crippen molar-refractivity contribution in [3.05, 3.63) is 29.8 Å². The van der Waals surface area contributed by atoms with Crippen LogP contribution >= 0.6 is 0 Å². The summed E-state index contributed by atoms with van der Waals surface area (Å²) in [5.74, 6) is 1.55. The van der Waals surface area contributed by atoms with Gasteiger partial charge < -0.3 is 9.47 Å². The van der Waals surface area contributed by atoms with Gasteiger partial charge in [-0.3, -0.25) is 4.79 Å². The highest BCUT2D eigenvalue weighted by atomic mass is 16.7. The highest BCUT2D eigenvalue weighted by Gasteiger charge is 2.08. The zero-order valence-corrected chi connectivity index (χ0v) is 6.90. The van der Waals surface area contributed by atoms with Gasteiger partial charge in [0.25, 0.3) is 0 Å². The minimum absolute atomic E-state index is 0.240. The largest absolute Gasteiger partial charge is 0.457 e. The Hall–Kier alpha value is -1.77. The predicted molar refractivity (Wildman–Crippen MR) is 47.7 cm³/mol. The molecule has 3 heteroatoms. The minimum atomic E-state index is 0.240. The van der Waals surface area contributed by atoms with Gasteiger partial charge in [0.2, 0.25) is 6.79 Å². The summed E-state index contributed by atoms with van der Waals surface area (Å²) in [6.45, 7) is 0.240. The average Bonchev–Trinajstić information content (AvgIpc) is 2.18. The molecule has 0 aliphatic carbocycles. The van der Waals surface area contributed by atoms with Crippen molar-refractivity contribution >= 4 is 12.4 Å². The molecule has 1 heterocycles. The van der Waals surface area contributed by atoms with E-state index in [1.54, 1.807) is 12.1 Å². The fraction of sp³-hybridized carbons (Fsp3) is 0.100. The number of hydrogen-bond acceptors (Lipinski definition) is 3. The minimum Gasteiger partial charge on any atom is -0.457 e. The number of allylic oxidation sites excluding steroid dienone is 1. The summed E-state index contributed by atoms with van der Waals surface area (Å²) in [6.07, 6.45) is 3.88. The van der Waals surface area contributed by atoms with Crippen molar-refractivity contribution in [3.63, 3.8) is 0 Å². The lowest BCUT2D eigenvalue weighted by atomic mass is 10.1. The molecule has 2 bridgehead atoms. The normalized spacial score (nSPS) is 13.5. The SMILES string of the molecule is O=C/C=C/c1ccc2cc1OCO2. The van der Waals surface area contributed by atoms with Gasteiger partial charge in [-0.25, -0.2) is 0 Å². The first-order chi connectivity index (χ1) is 6.40. The number of ether oxygens (including phenoxy) is 2. The van der Waals surface area contributed by atoms with Gasteiger partial charge >= 0.3 is 0 Å². The fourth-order valence-electron chi connectivity index (χ4n) is 1.17. The van der Waals surface area contributed by atoms with E-state index >= 15 is 0 Å². The molecule has 0 saturated heterocycles. The number of carbonyl (C=O) groups excluding carboxylic acids is 1. The second-order valence-electron chi connectivity index (χ2n) is 2.60.